The highest BCUT2D eigenvalue weighted by molar-refractivity contribution is 5.27. The largest absolute Gasteiger partial charge is 0.505 e. The third-order valence-electron chi connectivity index (χ3n) is 3.14. The summed E-state index contributed by atoms with van der Waals surface area (Å²) in [4.78, 5) is 0. The zero-order valence-corrected chi connectivity index (χ0v) is 10.1. The minimum Gasteiger partial charge on any atom is -0.505 e. The van der Waals surface area contributed by atoms with Crippen LogP contribution in [0.5, 0.6) is 5.75 Å². The number of nitrogens with one attached hydrogen (secondary N) is 1. The summed E-state index contributed by atoms with van der Waals surface area (Å²) in [5, 5.41) is 12.4. The van der Waals surface area contributed by atoms with Gasteiger partial charge < -0.3 is 10.4 Å². The summed E-state index contributed by atoms with van der Waals surface area (Å²) in [6.07, 6.45) is 1.12. The van der Waals surface area contributed by atoms with Crippen molar-refractivity contribution in [1.82, 2.24) is 5.32 Å². The van der Waals surface area contributed by atoms with Gasteiger partial charge in [0.2, 0.25) is 0 Å². The number of hydrogen-bond donors (Lipinski definition) is 2. The number of phenols is 1. The fraction of sp³-hybridized carbons (Fsp3) is 0.538. The van der Waals surface area contributed by atoms with Crippen LogP contribution in [0.4, 0.5) is 4.39 Å². The molecule has 2 N–H and O–H groups in total. The first-order valence-corrected chi connectivity index (χ1v) is 5.75. The normalized spacial score (nSPS) is 14.8. The van der Waals surface area contributed by atoms with Gasteiger partial charge in [0.1, 0.15) is 0 Å². The maximum atomic E-state index is 13.1. The van der Waals surface area contributed by atoms with E-state index < -0.39 is 5.82 Å². The van der Waals surface area contributed by atoms with Crippen LogP contribution in [0.15, 0.2) is 18.2 Å². The molecule has 0 aliphatic heterocycles. The molecule has 2 atom stereocenters. The van der Waals surface area contributed by atoms with Crippen molar-refractivity contribution >= 4 is 0 Å². The standard InChI is InChI=1S/C13H20FNO/c1-4-9(2)10(3)15-8-11-5-6-13(16)12(14)7-11/h5-7,9-10,15-16H,4,8H2,1-3H3. The van der Waals surface area contributed by atoms with Gasteiger partial charge in [-0.25, -0.2) is 4.39 Å². The van der Waals surface area contributed by atoms with E-state index in [4.69, 9.17) is 5.11 Å². The minimum atomic E-state index is -0.560. The third-order valence-corrected chi connectivity index (χ3v) is 3.14. The number of phenolic OH excluding ortho intramolecular Hbond substituents is 1. The lowest BCUT2D eigenvalue weighted by molar-refractivity contribution is 0.388. The molecule has 1 rings (SSSR count). The average Bonchev–Trinajstić information content (AvgIpc) is 2.29. The zero-order chi connectivity index (χ0) is 12.1. The Hall–Kier alpha value is -1.09. The van der Waals surface area contributed by atoms with Crippen molar-refractivity contribution in [1.29, 1.82) is 0 Å². The molecule has 0 aliphatic rings. The summed E-state index contributed by atoms with van der Waals surface area (Å²) in [6, 6.07) is 4.89. The smallest absolute Gasteiger partial charge is 0.165 e. The number of halogens is 1. The molecular formula is C13H20FNO. The average molecular weight is 225 g/mol. The van der Waals surface area contributed by atoms with E-state index in [0.29, 0.717) is 18.5 Å². The molecule has 0 aromatic heterocycles. The maximum Gasteiger partial charge on any atom is 0.165 e. The predicted octanol–water partition coefficient (Wildman–Crippen LogP) is 3.06. The Bertz CT molecular complexity index is 341. The first-order chi connectivity index (χ1) is 7.54. The van der Waals surface area contributed by atoms with Gasteiger partial charge in [0, 0.05) is 12.6 Å². The van der Waals surface area contributed by atoms with Crippen molar-refractivity contribution < 1.29 is 9.50 Å². The van der Waals surface area contributed by atoms with E-state index in [0.717, 1.165) is 12.0 Å². The highest BCUT2D eigenvalue weighted by Crippen LogP contribution is 2.16. The summed E-state index contributed by atoms with van der Waals surface area (Å²) < 4.78 is 13.1. The van der Waals surface area contributed by atoms with Crippen LogP contribution in [-0.4, -0.2) is 11.1 Å². The number of benzene rings is 1. The predicted molar refractivity (Wildman–Crippen MR) is 63.8 cm³/mol. The van der Waals surface area contributed by atoms with E-state index >= 15 is 0 Å². The molecule has 0 amide bonds. The Balaban J connectivity index is 2.51. The molecule has 16 heavy (non-hydrogen) atoms. The Kier molecular flexibility index (Phi) is 4.74. The van der Waals surface area contributed by atoms with Crippen LogP contribution < -0.4 is 5.32 Å². The van der Waals surface area contributed by atoms with Crippen molar-refractivity contribution in [2.24, 2.45) is 5.92 Å². The van der Waals surface area contributed by atoms with E-state index in [9.17, 15) is 4.39 Å². The molecule has 0 bridgehead atoms. The van der Waals surface area contributed by atoms with E-state index in [-0.39, 0.29) is 5.75 Å². The number of aromatic hydroxyl groups is 1. The summed E-state index contributed by atoms with van der Waals surface area (Å²) in [5.74, 6) is -0.254. The molecular weight excluding hydrogens is 205 g/mol. The van der Waals surface area contributed by atoms with E-state index in [1.165, 1.54) is 12.1 Å². The number of hydrogen-bond acceptors (Lipinski definition) is 2. The van der Waals surface area contributed by atoms with Crippen molar-refractivity contribution in [2.45, 2.75) is 39.8 Å². The summed E-state index contributed by atoms with van der Waals surface area (Å²) in [6.45, 7) is 7.10. The van der Waals surface area contributed by atoms with Gasteiger partial charge in [0.25, 0.3) is 0 Å². The topological polar surface area (TPSA) is 32.3 Å². The van der Waals surface area contributed by atoms with Gasteiger partial charge in [-0.3, -0.25) is 0 Å². The second kappa shape index (κ2) is 5.85. The van der Waals surface area contributed by atoms with E-state index in [1.54, 1.807) is 6.07 Å². The van der Waals surface area contributed by atoms with Crippen LogP contribution in [0.3, 0.4) is 0 Å². The van der Waals surface area contributed by atoms with Gasteiger partial charge in [-0.15, -0.1) is 0 Å². The van der Waals surface area contributed by atoms with E-state index in [2.05, 4.69) is 26.1 Å². The van der Waals surface area contributed by atoms with Crippen LogP contribution in [0, 0.1) is 11.7 Å². The Morgan fingerprint density at radius 2 is 2.06 bits per heavy atom. The van der Waals surface area contributed by atoms with Crippen LogP contribution >= 0.6 is 0 Å². The summed E-state index contributed by atoms with van der Waals surface area (Å²) in [7, 11) is 0. The molecule has 0 saturated carbocycles. The van der Waals surface area contributed by atoms with Gasteiger partial charge in [0.05, 0.1) is 0 Å². The highest BCUT2D eigenvalue weighted by Gasteiger charge is 2.09. The van der Waals surface area contributed by atoms with Crippen molar-refractivity contribution in [2.75, 3.05) is 0 Å². The monoisotopic (exact) mass is 225 g/mol. The quantitative estimate of drug-likeness (QED) is 0.807. The maximum absolute atomic E-state index is 13.1. The second-order valence-corrected chi connectivity index (χ2v) is 4.34. The lowest BCUT2D eigenvalue weighted by Gasteiger charge is -2.19. The molecule has 0 radical (unpaired) electrons. The molecule has 3 heteroatoms. The molecule has 2 nitrogen and oxygen atoms in total. The molecule has 0 spiro atoms. The fourth-order valence-corrected chi connectivity index (χ4v) is 1.49. The van der Waals surface area contributed by atoms with Gasteiger partial charge in [-0.05, 0) is 30.5 Å². The molecule has 0 heterocycles. The second-order valence-electron chi connectivity index (χ2n) is 4.34. The first-order valence-electron chi connectivity index (χ1n) is 5.75. The van der Waals surface area contributed by atoms with Gasteiger partial charge in [-0.1, -0.05) is 26.3 Å². The lowest BCUT2D eigenvalue weighted by atomic mass is 10.0. The van der Waals surface area contributed by atoms with Crippen LogP contribution in [-0.2, 0) is 6.54 Å². The molecule has 1 aromatic carbocycles. The SMILES string of the molecule is CCC(C)C(C)NCc1ccc(O)c(F)c1. The first kappa shape index (κ1) is 13.0. The summed E-state index contributed by atoms with van der Waals surface area (Å²) in [5.41, 5.74) is 0.852. The number of rotatable bonds is 5. The summed E-state index contributed by atoms with van der Waals surface area (Å²) >= 11 is 0. The molecule has 0 fully saturated rings. The van der Waals surface area contributed by atoms with Crippen molar-refractivity contribution in [3.8, 4) is 5.75 Å². The van der Waals surface area contributed by atoms with Crippen LogP contribution in [0.2, 0.25) is 0 Å². The van der Waals surface area contributed by atoms with Crippen LogP contribution in [0.1, 0.15) is 32.8 Å². The molecule has 1 aromatic rings. The Morgan fingerprint density at radius 1 is 1.38 bits per heavy atom. The van der Waals surface area contributed by atoms with Crippen LogP contribution in [0.25, 0.3) is 0 Å². The Morgan fingerprint density at radius 3 is 2.62 bits per heavy atom. The van der Waals surface area contributed by atoms with Crippen molar-refractivity contribution in [3.63, 3.8) is 0 Å². The lowest BCUT2D eigenvalue weighted by Crippen LogP contribution is -2.31. The van der Waals surface area contributed by atoms with Gasteiger partial charge >= 0.3 is 0 Å². The Labute approximate surface area is 96.5 Å². The van der Waals surface area contributed by atoms with Crippen molar-refractivity contribution in [3.05, 3.63) is 29.6 Å². The third kappa shape index (κ3) is 3.49. The highest BCUT2D eigenvalue weighted by atomic mass is 19.1. The molecule has 0 saturated heterocycles. The van der Waals surface area contributed by atoms with E-state index in [1.807, 2.05) is 0 Å². The fourth-order valence-electron chi connectivity index (χ4n) is 1.49. The zero-order valence-electron chi connectivity index (χ0n) is 10.1. The minimum absolute atomic E-state index is 0.293. The molecule has 90 valence electrons. The molecule has 2 unspecified atom stereocenters. The van der Waals surface area contributed by atoms with Gasteiger partial charge in [0.15, 0.2) is 11.6 Å². The molecule has 0 aliphatic carbocycles. The van der Waals surface area contributed by atoms with Gasteiger partial charge in [-0.2, -0.15) is 0 Å².